The number of carboxylic acid groups (broad SMARTS) is 1. The van der Waals surface area contributed by atoms with Gasteiger partial charge in [-0.2, -0.15) is 0 Å². The molecule has 1 aromatic heterocycles. The molecule has 20 heavy (non-hydrogen) atoms. The van der Waals surface area contributed by atoms with Crippen LogP contribution in [-0.2, 0) is 11.3 Å². The molecule has 1 fully saturated rings. The number of rotatable bonds is 4. The Morgan fingerprint density at radius 1 is 1.40 bits per heavy atom. The van der Waals surface area contributed by atoms with E-state index in [0.717, 1.165) is 17.7 Å². The highest BCUT2D eigenvalue weighted by Gasteiger charge is 2.27. The van der Waals surface area contributed by atoms with Gasteiger partial charge in [-0.15, -0.1) is 11.3 Å². The predicted octanol–water partition coefficient (Wildman–Crippen LogP) is 2.50. The van der Waals surface area contributed by atoms with Crippen LogP contribution in [0, 0.1) is 12.8 Å². The third kappa shape index (κ3) is 4.23. The molecular formula is C14H20N2O3S. The lowest BCUT2D eigenvalue weighted by Crippen LogP contribution is -2.44. The van der Waals surface area contributed by atoms with E-state index in [9.17, 15) is 9.59 Å². The maximum atomic E-state index is 11.8. The average molecular weight is 296 g/mol. The van der Waals surface area contributed by atoms with Gasteiger partial charge in [0.05, 0.1) is 12.5 Å². The van der Waals surface area contributed by atoms with Crippen LogP contribution in [0.2, 0.25) is 0 Å². The zero-order valence-corrected chi connectivity index (χ0v) is 12.3. The van der Waals surface area contributed by atoms with E-state index in [0.29, 0.717) is 19.4 Å². The molecule has 0 spiro atoms. The number of aryl methyl sites for hydroxylation is 1. The van der Waals surface area contributed by atoms with Crippen molar-refractivity contribution in [3.63, 3.8) is 0 Å². The summed E-state index contributed by atoms with van der Waals surface area (Å²) in [5.41, 5.74) is 0. The van der Waals surface area contributed by atoms with E-state index in [1.807, 2.05) is 19.1 Å². The average Bonchev–Trinajstić information content (AvgIpc) is 2.82. The smallest absolute Gasteiger partial charge is 0.315 e. The monoisotopic (exact) mass is 296 g/mol. The van der Waals surface area contributed by atoms with Crippen molar-refractivity contribution in [3.8, 4) is 0 Å². The molecule has 0 radical (unpaired) electrons. The molecule has 2 amide bonds. The van der Waals surface area contributed by atoms with Crippen LogP contribution in [-0.4, -0.2) is 23.1 Å². The molecule has 1 saturated carbocycles. The van der Waals surface area contributed by atoms with Crippen molar-refractivity contribution in [1.29, 1.82) is 0 Å². The van der Waals surface area contributed by atoms with Gasteiger partial charge < -0.3 is 15.7 Å². The first kappa shape index (κ1) is 14.8. The van der Waals surface area contributed by atoms with Crippen molar-refractivity contribution in [1.82, 2.24) is 10.6 Å². The fraction of sp³-hybridized carbons (Fsp3) is 0.571. The fourth-order valence-electron chi connectivity index (χ4n) is 2.53. The molecule has 1 heterocycles. The second-order valence-corrected chi connectivity index (χ2v) is 6.61. The van der Waals surface area contributed by atoms with Gasteiger partial charge in [-0.1, -0.05) is 6.42 Å². The molecule has 1 aliphatic rings. The van der Waals surface area contributed by atoms with Crippen LogP contribution >= 0.6 is 11.3 Å². The topological polar surface area (TPSA) is 78.4 Å². The molecule has 5 nitrogen and oxygen atoms in total. The second kappa shape index (κ2) is 6.74. The summed E-state index contributed by atoms with van der Waals surface area (Å²) in [7, 11) is 0. The number of hydrogen-bond donors (Lipinski definition) is 3. The van der Waals surface area contributed by atoms with Gasteiger partial charge >= 0.3 is 12.0 Å². The van der Waals surface area contributed by atoms with Crippen LogP contribution in [0.5, 0.6) is 0 Å². The van der Waals surface area contributed by atoms with Crippen LogP contribution in [0.1, 0.15) is 35.4 Å². The molecule has 0 bridgehead atoms. The van der Waals surface area contributed by atoms with Crippen LogP contribution in [0.25, 0.3) is 0 Å². The standard InChI is InChI=1S/C14H20N2O3S/c1-9-5-6-12(20-9)8-15-14(19)16-11-4-2-3-10(7-11)13(17)18/h5-6,10-11H,2-4,7-8H2,1H3,(H,17,18)(H2,15,16,19). The Morgan fingerprint density at radius 3 is 2.85 bits per heavy atom. The van der Waals surface area contributed by atoms with Gasteiger partial charge in [0.1, 0.15) is 0 Å². The van der Waals surface area contributed by atoms with Crippen LogP contribution < -0.4 is 10.6 Å². The number of carbonyl (C=O) groups excluding carboxylic acids is 1. The van der Waals surface area contributed by atoms with Crippen molar-refractivity contribution < 1.29 is 14.7 Å². The molecule has 0 saturated heterocycles. The molecule has 1 aromatic rings. The van der Waals surface area contributed by atoms with Gasteiger partial charge in [0.2, 0.25) is 0 Å². The minimum Gasteiger partial charge on any atom is -0.481 e. The highest BCUT2D eigenvalue weighted by Crippen LogP contribution is 2.24. The summed E-state index contributed by atoms with van der Waals surface area (Å²) >= 11 is 1.66. The van der Waals surface area contributed by atoms with Gasteiger partial charge in [0.15, 0.2) is 0 Å². The summed E-state index contributed by atoms with van der Waals surface area (Å²) in [6.45, 7) is 2.54. The Hall–Kier alpha value is -1.56. The first-order chi connectivity index (χ1) is 9.54. The molecule has 0 aliphatic heterocycles. The molecule has 110 valence electrons. The SMILES string of the molecule is Cc1ccc(CNC(=O)NC2CCCC(C(=O)O)C2)s1. The number of nitrogens with one attached hydrogen (secondary N) is 2. The summed E-state index contributed by atoms with van der Waals surface area (Å²) in [6, 6.07) is 3.78. The zero-order chi connectivity index (χ0) is 14.5. The molecule has 2 unspecified atom stereocenters. The lowest BCUT2D eigenvalue weighted by molar-refractivity contribution is -0.143. The number of aliphatic carboxylic acids is 1. The first-order valence-electron chi connectivity index (χ1n) is 6.87. The highest BCUT2D eigenvalue weighted by molar-refractivity contribution is 7.11. The fourth-order valence-corrected chi connectivity index (χ4v) is 3.36. The Balaban J connectivity index is 1.75. The Labute approximate surface area is 122 Å². The number of thiophene rings is 1. The Bertz CT molecular complexity index is 487. The molecule has 2 atom stereocenters. The second-order valence-electron chi connectivity index (χ2n) is 5.24. The zero-order valence-electron chi connectivity index (χ0n) is 11.5. The minimum atomic E-state index is -0.758. The van der Waals surface area contributed by atoms with Crippen LogP contribution in [0.4, 0.5) is 4.79 Å². The van der Waals surface area contributed by atoms with Crippen molar-refractivity contribution in [3.05, 3.63) is 21.9 Å². The summed E-state index contributed by atoms with van der Waals surface area (Å²) in [5.74, 6) is -1.08. The van der Waals surface area contributed by atoms with Crippen molar-refractivity contribution in [2.24, 2.45) is 5.92 Å². The largest absolute Gasteiger partial charge is 0.481 e. The van der Waals surface area contributed by atoms with Gasteiger partial charge in [-0.05, 0) is 38.3 Å². The predicted molar refractivity (Wildman–Crippen MR) is 77.8 cm³/mol. The lowest BCUT2D eigenvalue weighted by atomic mass is 9.86. The quantitative estimate of drug-likeness (QED) is 0.798. The highest BCUT2D eigenvalue weighted by atomic mass is 32.1. The summed E-state index contributed by atoms with van der Waals surface area (Å²) < 4.78 is 0. The third-order valence-electron chi connectivity index (χ3n) is 3.58. The van der Waals surface area contributed by atoms with Crippen molar-refractivity contribution in [2.45, 2.75) is 45.2 Å². The summed E-state index contributed by atoms with van der Waals surface area (Å²) in [4.78, 5) is 25.1. The molecule has 2 rings (SSSR count). The third-order valence-corrected chi connectivity index (χ3v) is 4.58. The first-order valence-corrected chi connectivity index (χ1v) is 7.68. The van der Waals surface area contributed by atoms with E-state index < -0.39 is 5.97 Å². The van der Waals surface area contributed by atoms with E-state index in [1.54, 1.807) is 11.3 Å². The molecular weight excluding hydrogens is 276 g/mol. The summed E-state index contributed by atoms with van der Waals surface area (Å²) in [5, 5.41) is 14.7. The van der Waals surface area contributed by atoms with E-state index in [2.05, 4.69) is 10.6 Å². The van der Waals surface area contributed by atoms with Gasteiger partial charge in [0.25, 0.3) is 0 Å². The van der Waals surface area contributed by atoms with E-state index in [-0.39, 0.29) is 18.0 Å². The van der Waals surface area contributed by atoms with Crippen LogP contribution in [0.3, 0.4) is 0 Å². The molecule has 1 aliphatic carbocycles. The van der Waals surface area contributed by atoms with E-state index in [1.165, 1.54) is 4.88 Å². The number of hydrogen-bond acceptors (Lipinski definition) is 3. The minimum absolute atomic E-state index is 0.0325. The van der Waals surface area contributed by atoms with Crippen molar-refractivity contribution >= 4 is 23.3 Å². The Kier molecular flexibility index (Phi) is 5.00. The van der Waals surface area contributed by atoms with E-state index in [4.69, 9.17) is 5.11 Å². The van der Waals surface area contributed by atoms with Crippen LogP contribution in [0.15, 0.2) is 12.1 Å². The van der Waals surface area contributed by atoms with Gasteiger partial charge in [0, 0.05) is 15.8 Å². The normalized spacial score (nSPS) is 22.2. The lowest BCUT2D eigenvalue weighted by Gasteiger charge is -2.27. The van der Waals surface area contributed by atoms with Gasteiger partial charge in [-0.3, -0.25) is 4.79 Å². The Morgan fingerprint density at radius 2 is 2.20 bits per heavy atom. The van der Waals surface area contributed by atoms with E-state index >= 15 is 0 Å². The molecule has 3 N–H and O–H groups in total. The van der Waals surface area contributed by atoms with Crippen molar-refractivity contribution in [2.75, 3.05) is 0 Å². The molecule has 0 aromatic carbocycles. The number of urea groups is 1. The van der Waals surface area contributed by atoms with Gasteiger partial charge in [-0.25, -0.2) is 4.79 Å². The molecule has 6 heteroatoms. The number of carbonyl (C=O) groups is 2. The summed E-state index contributed by atoms with van der Waals surface area (Å²) in [6.07, 6.45) is 2.95. The number of carboxylic acids is 1. The maximum absolute atomic E-state index is 11.8. The maximum Gasteiger partial charge on any atom is 0.315 e. The number of amides is 2.